The van der Waals surface area contributed by atoms with Gasteiger partial charge in [-0.2, -0.15) is 0 Å². The average molecular weight is 388 g/mol. The number of imide groups is 1. The molecule has 0 aliphatic heterocycles. The molecule has 0 saturated heterocycles. The fourth-order valence-corrected chi connectivity index (χ4v) is 3.03. The van der Waals surface area contributed by atoms with E-state index in [4.69, 9.17) is 10.5 Å². The third-order valence-electron chi connectivity index (χ3n) is 4.32. The summed E-state index contributed by atoms with van der Waals surface area (Å²) in [4.78, 5) is 36.9. The van der Waals surface area contributed by atoms with Crippen LogP contribution in [0, 0.1) is 0 Å². The number of urea groups is 1. The number of nitrogens with two attached hydrogens (primary N) is 1. The van der Waals surface area contributed by atoms with E-state index in [0.29, 0.717) is 5.56 Å². The molecule has 3 N–H and O–H groups in total. The highest BCUT2D eigenvalue weighted by molar-refractivity contribution is 5.97. The van der Waals surface area contributed by atoms with Crippen LogP contribution in [-0.2, 0) is 14.3 Å². The first-order chi connectivity index (χ1) is 14.1. The summed E-state index contributed by atoms with van der Waals surface area (Å²) in [5.41, 5.74) is 6.96. The minimum Gasteiger partial charge on any atom is -0.447 e. The van der Waals surface area contributed by atoms with Crippen LogP contribution in [0.3, 0.4) is 0 Å². The van der Waals surface area contributed by atoms with E-state index in [1.165, 1.54) is 0 Å². The second-order valence-corrected chi connectivity index (χ2v) is 6.34. The van der Waals surface area contributed by atoms with Gasteiger partial charge in [0, 0.05) is 5.56 Å². The Labute approximate surface area is 168 Å². The summed E-state index contributed by atoms with van der Waals surface area (Å²) in [6, 6.07) is 25.7. The second kappa shape index (κ2) is 9.32. The van der Waals surface area contributed by atoms with Gasteiger partial charge in [0.25, 0.3) is 5.91 Å². The quantitative estimate of drug-likeness (QED) is 0.633. The molecule has 0 fully saturated rings. The highest BCUT2D eigenvalue weighted by Gasteiger charge is 2.31. The fraction of sp³-hybridized carbons (Fsp3) is 0.0870. The first-order valence-corrected chi connectivity index (χ1v) is 9.02. The number of rotatable bonds is 6. The Bertz CT molecular complexity index is 936. The standard InChI is InChI=1S/C23H20N2O4/c24-23(28)25-21(26)20(18-14-8-3-9-15-18)29-22(27)19(16-10-4-1-5-11-16)17-12-6-2-7-13-17/h1-15,19-20H,(H3,24,25,26,28)/t20-/m1/s1. The maximum absolute atomic E-state index is 13.2. The number of nitrogens with one attached hydrogen (secondary N) is 1. The molecule has 0 spiro atoms. The van der Waals surface area contributed by atoms with Gasteiger partial charge in [-0.3, -0.25) is 14.9 Å². The van der Waals surface area contributed by atoms with E-state index < -0.39 is 29.9 Å². The summed E-state index contributed by atoms with van der Waals surface area (Å²) in [5, 5.41) is 1.99. The highest BCUT2D eigenvalue weighted by Crippen LogP contribution is 2.29. The van der Waals surface area contributed by atoms with Crippen molar-refractivity contribution in [3.8, 4) is 0 Å². The Morgan fingerprint density at radius 2 is 1.10 bits per heavy atom. The van der Waals surface area contributed by atoms with Crippen molar-refractivity contribution in [2.75, 3.05) is 0 Å². The van der Waals surface area contributed by atoms with E-state index in [-0.39, 0.29) is 0 Å². The molecule has 3 amide bonds. The summed E-state index contributed by atoms with van der Waals surface area (Å²) < 4.78 is 5.61. The molecular weight excluding hydrogens is 368 g/mol. The van der Waals surface area contributed by atoms with Gasteiger partial charge in [-0.25, -0.2) is 4.79 Å². The number of carbonyl (C=O) groups is 3. The normalized spacial score (nSPS) is 11.5. The zero-order chi connectivity index (χ0) is 20.6. The summed E-state index contributed by atoms with van der Waals surface area (Å²) in [7, 11) is 0. The lowest BCUT2D eigenvalue weighted by molar-refractivity contribution is -0.156. The fourth-order valence-electron chi connectivity index (χ4n) is 3.03. The molecule has 0 aliphatic carbocycles. The molecule has 0 aromatic heterocycles. The summed E-state index contributed by atoms with van der Waals surface area (Å²) in [6.07, 6.45) is -1.31. The van der Waals surface area contributed by atoms with E-state index in [9.17, 15) is 14.4 Å². The number of benzene rings is 3. The van der Waals surface area contributed by atoms with E-state index in [2.05, 4.69) is 0 Å². The minimum absolute atomic E-state index is 0.430. The van der Waals surface area contributed by atoms with Crippen LogP contribution >= 0.6 is 0 Å². The van der Waals surface area contributed by atoms with Crippen LogP contribution in [0.2, 0.25) is 0 Å². The Morgan fingerprint density at radius 1 is 0.690 bits per heavy atom. The van der Waals surface area contributed by atoms with Crippen molar-refractivity contribution in [2.24, 2.45) is 5.73 Å². The van der Waals surface area contributed by atoms with Gasteiger partial charge in [0.05, 0.1) is 0 Å². The molecule has 146 valence electrons. The van der Waals surface area contributed by atoms with Crippen LogP contribution in [0.25, 0.3) is 0 Å². The largest absolute Gasteiger partial charge is 0.447 e. The third-order valence-corrected chi connectivity index (χ3v) is 4.32. The van der Waals surface area contributed by atoms with Gasteiger partial charge in [0.15, 0.2) is 0 Å². The Balaban J connectivity index is 1.95. The van der Waals surface area contributed by atoms with Gasteiger partial charge in [-0.15, -0.1) is 0 Å². The van der Waals surface area contributed by atoms with Crippen LogP contribution in [0.1, 0.15) is 28.7 Å². The van der Waals surface area contributed by atoms with Gasteiger partial charge < -0.3 is 10.5 Å². The van der Waals surface area contributed by atoms with E-state index in [1.54, 1.807) is 30.3 Å². The minimum atomic E-state index is -1.31. The zero-order valence-corrected chi connectivity index (χ0v) is 15.5. The van der Waals surface area contributed by atoms with Crippen molar-refractivity contribution >= 4 is 17.9 Å². The second-order valence-electron chi connectivity index (χ2n) is 6.34. The van der Waals surface area contributed by atoms with E-state index in [0.717, 1.165) is 11.1 Å². The lowest BCUT2D eigenvalue weighted by atomic mass is 9.91. The monoisotopic (exact) mass is 388 g/mol. The molecule has 6 nitrogen and oxygen atoms in total. The maximum Gasteiger partial charge on any atom is 0.319 e. The summed E-state index contributed by atoms with van der Waals surface area (Å²) in [5.74, 6) is -2.15. The van der Waals surface area contributed by atoms with Crippen molar-refractivity contribution in [1.82, 2.24) is 5.32 Å². The Morgan fingerprint density at radius 3 is 1.52 bits per heavy atom. The Hall–Kier alpha value is -3.93. The lowest BCUT2D eigenvalue weighted by Crippen LogP contribution is -2.40. The van der Waals surface area contributed by atoms with E-state index >= 15 is 0 Å². The highest BCUT2D eigenvalue weighted by atomic mass is 16.5. The molecule has 3 aromatic rings. The molecule has 0 saturated carbocycles. The number of hydrogen-bond donors (Lipinski definition) is 2. The molecule has 3 aromatic carbocycles. The first kappa shape index (κ1) is 19.8. The average Bonchev–Trinajstić information content (AvgIpc) is 2.74. The topological polar surface area (TPSA) is 98.5 Å². The van der Waals surface area contributed by atoms with Crippen LogP contribution in [0.15, 0.2) is 91.0 Å². The number of hydrogen-bond acceptors (Lipinski definition) is 4. The molecular formula is C23H20N2O4. The molecule has 29 heavy (non-hydrogen) atoms. The van der Waals surface area contributed by atoms with Crippen molar-refractivity contribution in [3.63, 3.8) is 0 Å². The van der Waals surface area contributed by atoms with Gasteiger partial charge in [0.2, 0.25) is 6.10 Å². The number of amides is 3. The van der Waals surface area contributed by atoms with Crippen molar-refractivity contribution in [3.05, 3.63) is 108 Å². The Kier molecular flexibility index (Phi) is 6.37. The molecule has 6 heteroatoms. The first-order valence-electron chi connectivity index (χ1n) is 9.02. The number of primary amides is 1. The molecule has 0 radical (unpaired) electrons. The number of ether oxygens (including phenoxy) is 1. The van der Waals surface area contributed by atoms with Crippen molar-refractivity contribution in [1.29, 1.82) is 0 Å². The maximum atomic E-state index is 13.2. The van der Waals surface area contributed by atoms with Crippen LogP contribution in [-0.4, -0.2) is 17.9 Å². The van der Waals surface area contributed by atoms with Gasteiger partial charge in [0.1, 0.15) is 5.92 Å². The molecule has 0 unspecified atom stereocenters. The SMILES string of the molecule is NC(=O)NC(=O)[C@H](OC(=O)C(c1ccccc1)c1ccccc1)c1ccccc1. The van der Waals surface area contributed by atoms with Gasteiger partial charge >= 0.3 is 12.0 Å². The smallest absolute Gasteiger partial charge is 0.319 e. The van der Waals surface area contributed by atoms with Gasteiger partial charge in [-0.05, 0) is 11.1 Å². The van der Waals surface area contributed by atoms with Crippen LogP contribution < -0.4 is 11.1 Å². The van der Waals surface area contributed by atoms with E-state index in [1.807, 2.05) is 66.0 Å². The van der Waals surface area contributed by atoms with Crippen LogP contribution in [0.4, 0.5) is 4.79 Å². The predicted molar refractivity (Wildman–Crippen MR) is 108 cm³/mol. The lowest BCUT2D eigenvalue weighted by Gasteiger charge is -2.22. The zero-order valence-electron chi connectivity index (χ0n) is 15.5. The third kappa shape index (κ3) is 5.07. The van der Waals surface area contributed by atoms with Crippen LogP contribution in [0.5, 0.6) is 0 Å². The predicted octanol–water partition coefficient (Wildman–Crippen LogP) is 3.30. The molecule has 0 heterocycles. The molecule has 0 aliphatic rings. The van der Waals surface area contributed by atoms with Crippen molar-refractivity contribution < 1.29 is 19.1 Å². The molecule has 3 rings (SSSR count). The van der Waals surface area contributed by atoms with Crippen molar-refractivity contribution in [2.45, 2.75) is 12.0 Å². The summed E-state index contributed by atoms with van der Waals surface area (Å²) >= 11 is 0. The molecule has 0 bridgehead atoms. The number of carbonyl (C=O) groups excluding carboxylic acids is 3. The molecule has 1 atom stereocenters. The summed E-state index contributed by atoms with van der Waals surface area (Å²) in [6.45, 7) is 0. The van der Waals surface area contributed by atoms with Gasteiger partial charge in [-0.1, -0.05) is 91.0 Å². The number of esters is 1.